The number of hydrogen-bond donors (Lipinski definition) is 4. The van der Waals surface area contributed by atoms with Crippen molar-refractivity contribution in [2.45, 2.75) is 63.2 Å². The fourth-order valence-electron chi connectivity index (χ4n) is 5.45. The monoisotopic (exact) mass is 421 g/mol. The van der Waals surface area contributed by atoms with Crippen molar-refractivity contribution in [1.82, 2.24) is 26.1 Å². The molecule has 5 atom stereocenters. The van der Waals surface area contributed by atoms with E-state index in [9.17, 15) is 0 Å². The molecule has 5 N–H and O–H groups in total. The Balaban J connectivity index is 1.42. The average Bonchev–Trinajstić information content (AvgIpc) is 3.22. The van der Waals surface area contributed by atoms with Crippen molar-refractivity contribution in [2.24, 2.45) is 11.7 Å². The fourth-order valence-corrected chi connectivity index (χ4v) is 5.45. The topological polar surface area (TPSA) is 91.1 Å². The highest BCUT2D eigenvalue weighted by molar-refractivity contribution is 5.50. The second kappa shape index (κ2) is 8.82. The lowest BCUT2D eigenvalue weighted by atomic mass is 9.81. The van der Waals surface area contributed by atoms with E-state index in [0.717, 1.165) is 50.4 Å². The summed E-state index contributed by atoms with van der Waals surface area (Å²) in [7, 11) is 0. The van der Waals surface area contributed by atoms with Crippen LogP contribution in [0, 0.1) is 5.92 Å². The summed E-state index contributed by atoms with van der Waals surface area (Å²) in [6.07, 6.45) is 7.12. The number of rotatable bonds is 4. The second-order valence-corrected chi connectivity index (χ2v) is 9.67. The minimum absolute atomic E-state index is 0.199. The van der Waals surface area contributed by atoms with Gasteiger partial charge in [0.2, 0.25) is 0 Å². The van der Waals surface area contributed by atoms with Crippen molar-refractivity contribution in [1.29, 1.82) is 0 Å². The molecule has 3 saturated heterocycles. The first-order valence-electron chi connectivity index (χ1n) is 11.8. The quantitative estimate of drug-likeness (QED) is 0.603. The van der Waals surface area contributed by atoms with Gasteiger partial charge < -0.3 is 16.0 Å². The van der Waals surface area contributed by atoms with Crippen LogP contribution in [0.4, 0.5) is 5.82 Å². The Kier molecular flexibility index (Phi) is 5.93. The average molecular weight is 422 g/mol. The van der Waals surface area contributed by atoms with Crippen molar-refractivity contribution >= 4 is 5.82 Å². The lowest BCUT2D eigenvalue weighted by Gasteiger charge is -2.36. The minimum Gasteiger partial charge on any atom is -0.355 e. The van der Waals surface area contributed by atoms with E-state index in [-0.39, 0.29) is 12.1 Å². The smallest absolute Gasteiger partial charge is 0.132 e. The van der Waals surface area contributed by atoms with E-state index >= 15 is 0 Å². The van der Waals surface area contributed by atoms with Gasteiger partial charge in [0, 0.05) is 56.1 Å². The van der Waals surface area contributed by atoms with Gasteiger partial charge in [-0.25, -0.2) is 10.4 Å². The molecule has 166 valence electrons. The molecule has 2 aromatic heterocycles. The Labute approximate surface area is 185 Å². The van der Waals surface area contributed by atoms with Gasteiger partial charge in [0.25, 0.3) is 0 Å². The molecule has 31 heavy (non-hydrogen) atoms. The van der Waals surface area contributed by atoms with E-state index < -0.39 is 0 Å². The molecule has 0 aliphatic carbocycles. The number of anilines is 1. The molecular weight excluding hydrogens is 386 g/mol. The van der Waals surface area contributed by atoms with Gasteiger partial charge in [-0.05, 0) is 48.4 Å². The largest absolute Gasteiger partial charge is 0.355 e. The zero-order valence-electron chi connectivity index (χ0n) is 18.6. The summed E-state index contributed by atoms with van der Waals surface area (Å²) in [5, 5.41) is 3.69. The zero-order valence-corrected chi connectivity index (χ0v) is 18.6. The maximum Gasteiger partial charge on any atom is 0.132 e. The Bertz CT molecular complexity index is 887. The van der Waals surface area contributed by atoms with Gasteiger partial charge in [-0.15, -0.1) is 0 Å². The summed E-state index contributed by atoms with van der Waals surface area (Å²) in [6, 6.07) is 9.87. The fraction of sp³-hybridized carbons (Fsp3) is 0.583. The highest BCUT2D eigenvalue weighted by Gasteiger charge is 2.42. The van der Waals surface area contributed by atoms with Crippen molar-refractivity contribution < 1.29 is 0 Å². The van der Waals surface area contributed by atoms with Crippen LogP contribution in [0.1, 0.15) is 67.9 Å². The van der Waals surface area contributed by atoms with E-state index in [1.165, 1.54) is 11.1 Å². The van der Waals surface area contributed by atoms with Crippen molar-refractivity contribution in [3.8, 4) is 0 Å². The van der Waals surface area contributed by atoms with E-state index in [2.05, 4.69) is 58.1 Å². The van der Waals surface area contributed by atoms with E-state index in [4.69, 9.17) is 10.7 Å². The molecule has 0 bridgehead atoms. The van der Waals surface area contributed by atoms with Crippen LogP contribution in [0.2, 0.25) is 0 Å². The predicted molar refractivity (Wildman–Crippen MR) is 124 cm³/mol. The van der Waals surface area contributed by atoms with Crippen LogP contribution in [-0.2, 0) is 0 Å². The molecule has 0 aromatic carbocycles. The second-order valence-electron chi connectivity index (χ2n) is 9.67. The summed E-state index contributed by atoms with van der Waals surface area (Å²) >= 11 is 0. The number of hydrazine groups is 1. The minimum atomic E-state index is 0.199. The van der Waals surface area contributed by atoms with Crippen LogP contribution in [-0.4, -0.2) is 41.7 Å². The molecule has 0 saturated carbocycles. The molecule has 7 nitrogen and oxygen atoms in total. The van der Waals surface area contributed by atoms with Crippen LogP contribution in [0.5, 0.6) is 0 Å². The third-order valence-electron chi connectivity index (χ3n) is 7.17. The number of nitrogens with zero attached hydrogens (tertiary/aromatic N) is 3. The van der Waals surface area contributed by atoms with Gasteiger partial charge in [-0.2, -0.15) is 0 Å². The molecule has 2 aromatic rings. The van der Waals surface area contributed by atoms with Gasteiger partial charge in [-0.3, -0.25) is 10.4 Å². The van der Waals surface area contributed by atoms with Crippen molar-refractivity contribution in [2.75, 3.05) is 24.5 Å². The highest BCUT2D eigenvalue weighted by Crippen LogP contribution is 2.39. The SMILES string of the molecule is CC(C)c1ccc(C2NNC3CNC(c4cccnc4)CC32)nc1N1CCC[C@H](N)C1. The standard InChI is InChI=1S/C24H35N7/c1-15(2)18-7-8-20(28-24(18)31-10-4-6-17(25)14-31)23-19-11-21(16-5-3-9-26-12-16)27-13-22(19)29-30-23/h3,5,7-9,12,15,17,19,21-23,27,29-30H,4,6,10-11,13-14,25H2,1-2H3/t17-,19?,21?,22?,23?/m0/s1. The van der Waals surface area contributed by atoms with Crippen LogP contribution >= 0.6 is 0 Å². The van der Waals surface area contributed by atoms with E-state index in [0.29, 0.717) is 23.9 Å². The van der Waals surface area contributed by atoms with Crippen LogP contribution < -0.4 is 26.8 Å². The number of piperidine rings is 2. The molecule has 7 heteroatoms. The van der Waals surface area contributed by atoms with Crippen LogP contribution in [0.25, 0.3) is 0 Å². The Morgan fingerprint density at radius 2 is 2.10 bits per heavy atom. The molecule has 5 heterocycles. The molecule has 0 amide bonds. The Hall–Kier alpha value is -2.06. The maximum atomic E-state index is 6.30. The molecule has 0 radical (unpaired) electrons. The Morgan fingerprint density at radius 3 is 2.87 bits per heavy atom. The number of fused-ring (bicyclic) bond motifs is 1. The van der Waals surface area contributed by atoms with E-state index in [1.54, 1.807) is 0 Å². The zero-order chi connectivity index (χ0) is 21.4. The normalized spacial score (nSPS) is 31.1. The lowest BCUT2D eigenvalue weighted by molar-refractivity contribution is 0.265. The molecular formula is C24H35N7. The molecule has 4 unspecified atom stereocenters. The van der Waals surface area contributed by atoms with Gasteiger partial charge >= 0.3 is 0 Å². The van der Waals surface area contributed by atoms with Gasteiger partial charge in [-0.1, -0.05) is 26.0 Å². The summed E-state index contributed by atoms with van der Waals surface area (Å²) in [5.41, 5.74) is 17.1. The molecule has 3 aliphatic rings. The highest BCUT2D eigenvalue weighted by atomic mass is 15.4. The van der Waals surface area contributed by atoms with Crippen LogP contribution in [0.15, 0.2) is 36.7 Å². The molecule has 3 fully saturated rings. The first kappa shape index (κ1) is 20.8. The third-order valence-corrected chi connectivity index (χ3v) is 7.17. The first-order chi connectivity index (χ1) is 15.1. The number of nitrogens with two attached hydrogens (primary N) is 1. The number of pyridine rings is 2. The number of nitrogens with one attached hydrogen (secondary N) is 3. The van der Waals surface area contributed by atoms with Crippen molar-refractivity contribution in [3.63, 3.8) is 0 Å². The maximum absolute atomic E-state index is 6.30. The van der Waals surface area contributed by atoms with E-state index in [1.807, 2.05) is 18.5 Å². The molecule has 5 rings (SSSR count). The van der Waals surface area contributed by atoms with Crippen molar-refractivity contribution in [3.05, 3.63) is 53.5 Å². The summed E-state index contributed by atoms with van der Waals surface area (Å²) < 4.78 is 0. The predicted octanol–water partition coefficient (Wildman–Crippen LogP) is 2.40. The number of hydrogen-bond acceptors (Lipinski definition) is 7. The lowest BCUT2D eigenvalue weighted by Crippen LogP contribution is -2.46. The third kappa shape index (κ3) is 4.20. The molecule has 3 aliphatic heterocycles. The van der Waals surface area contributed by atoms with Gasteiger partial charge in [0.05, 0.1) is 11.7 Å². The van der Waals surface area contributed by atoms with Gasteiger partial charge in [0.15, 0.2) is 0 Å². The van der Waals surface area contributed by atoms with Crippen LogP contribution in [0.3, 0.4) is 0 Å². The summed E-state index contributed by atoms with van der Waals surface area (Å²) in [4.78, 5) is 12.0. The first-order valence-corrected chi connectivity index (χ1v) is 11.8. The Morgan fingerprint density at radius 1 is 1.19 bits per heavy atom. The molecule has 0 spiro atoms. The summed E-state index contributed by atoms with van der Waals surface area (Å²) in [5.74, 6) is 2.04. The summed E-state index contributed by atoms with van der Waals surface area (Å²) in [6.45, 7) is 7.37. The van der Waals surface area contributed by atoms with Gasteiger partial charge in [0.1, 0.15) is 5.82 Å². The number of aromatic nitrogens is 2.